The molecule has 0 radical (unpaired) electrons. The number of aliphatic hydroxyl groups excluding tert-OH is 1. The molecule has 1 aromatic rings. The molecule has 0 aromatic heterocycles. The van der Waals surface area contributed by atoms with Gasteiger partial charge in [0.15, 0.2) is 0 Å². The summed E-state index contributed by atoms with van der Waals surface area (Å²) in [6.07, 6.45) is 1.88. The monoisotopic (exact) mass is 307 g/mol. The molecule has 0 amide bonds. The van der Waals surface area contributed by atoms with Crippen LogP contribution in [0.2, 0.25) is 0 Å². The zero-order valence-electron chi connectivity index (χ0n) is 14.3. The van der Waals surface area contributed by atoms with Crippen LogP contribution in [0.3, 0.4) is 0 Å². The topological polar surface area (TPSA) is 41.9 Å². The normalized spacial score (nSPS) is 17.7. The largest absolute Gasteiger partial charge is 0.496 e. The van der Waals surface area contributed by atoms with E-state index in [2.05, 4.69) is 31.9 Å². The fraction of sp³-hybridized carbons (Fsp3) is 0.667. The van der Waals surface area contributed by atoms with Crippen LogP contribution in [0.25, 0.3) is 0 Å². The lowest BCUT2D eigenvalue weighted by Gasteiger charge is -2.38. The Balaban J connectivity index is 2.05. The molecule has 1 heterocycles. The maximum Gasteiger partial charge on any atom is 0.122 e. The van der Waals surface area contributed by atoms with Crippen molar-refractivity contribution in [3.63, 3.8) is 0 Å². The third-order valence-corrected chi connectivity index (χ3v) is 5.00. The van der Waals surface area contributed by atoms with Crippen LogP contribution in [0.4, 0.5) is 0 Å². The average Bonchev–Trinajstić information content (AvgIpc) is 2.53. The number of hydrogen-bond donors (Lipinski definition) is 1. The van der Waals surface area contributed by atoms with Gasteiger partial charge in [-0.25, -0.2) is 0 Å². The fourth-order valence-corrected chi connectivity index (χ4v) is 3.33. The molecule has 1 saturated heterocycles. The van der Waals surface area contributed by atoms with Crippen molar-refractivity contribution >= 4 is 0 Å². The maximum absolute atomic E-state index is 9.82. The molecule has 0 unspecified atom stereocenters. The summed E-state index contributed by atoms with van der Waals surface area (Å²) in [5.74, 6) is 0.945. The van der Waals surface area contributed by atoms with Crippen LogP contribution in [0.15, 0.2) is 12.1 Å². The minimum Gasteiger partial charge on any atom is -0.496 e. The first kappa shape index (κ1) is 17.3. The average molecular weight is 307 g/mol. The molecule has 0 saturated carbocycles. The lowest BCUT2D eigenvalue weighted by atomic mass is 9.80. The van der Waals surface area contributed by atoms with Crippen LogP contribution in [0.1, 0.15) is 29.5 Å². The number of methoxy groups -OCH3 is 1. The maximum atomic E-state index is 9.82. The summed E-state index contributed by atoms with van der Waals surface area (Å²) in [4.78, 5) is 2.32. The van der Waals surface area contributed by atoms with Crippen molar-refractivity contribution in [2.45, 2.75) is 33.2 Å². The summed E-state index contributed by atoms with van der Waals surface area (Å²) >= 11 is 0. The van der Waals surface area contributed by atoms with Gasteiger partial charge < -0.3 is 19.5 Å². The van der Waals surface area contributed by atoms with E-state index in [-0.39, 0.29) is 12.0 Å². The first-order valence-electron chi connectivity index (χ1n) is 8.01. The van der Waals surface area contributed by atoms with Crippen molar-refractivity contribution in [3.05, 3.63) is 28.8 Å². The van der Waals surface area contributed by atoms with E-state index in [1.54, 1.807) is 7.11 Å². The van der Waals surface area contributed by atoms with Gasteiger partial charge in [-0.05, 0) is 56.5 Å². The van der Waals surface area contributed by atoms with Gasteiger partial charge in [0.05, 0.1) is 13.7 Å². The minimum absolute atomic E-state index is 0.0115. The van der Waals surface area contributed by atoms with Gasteiger partial charge in [0.2, 0.25) is 0 Å². The van der Waals surface area contributed by atoms with Gasteiger partial charge in [-0.1, -0.05) is 6.07 Å². The smallest absolute Gasteiger partial charge is 0.122 e. The molecule has 4 nitrogen and oxygen atoms in total. The molecular weight excluding hydrogens is 278 g/mol. The Labute approximate surface area is 134 Å². The summed E-state index contributed by atoms with van der Waals surface area (Å²) in [6.45, 7) is 7.80. The van der Waals surface area contributed by atoms with Crippen molar-refractivity contribution in [3.8, 4) is 5.75 Å². The summed E-state index contributed by atoms with van der Waals surface area (Å²) in [6, 6.07) is 4.19. The van der Waals surface area contributed by atoms with E-state index in [1.807, 2.05) is 6.07 Å². The number of rotatable bonds is 6. The zero-order valence-corrected chi connectivity index (χ0v) is 14.3. The Morgan fingerprint density at radius 2 is 1.91 bits per heavy atom. The molecule has 1 fully saturated rings. The molecule has 0 aliphatic carbocycles. The Morgan fingerprint density at radius 1 is 1.23 bits per heavy atom. The Hall–Kier alpha value is -1.10. The highest BCUT2D eigenvalue weighted by Gasteiger charge is 2.33. The molecule has 2 rings (SSSR count). The fourth-order valence-electron chi connectivity index (χ4n) is 3.33. The quantitative estimate of drug-likeness (QED) is 0.877. The van der Waals surface area contributed by atoms with Crippen LogP contribution >= 0.6 is 0 Å². The summed E-state index contributed by atoms with van der Waals surface area (Å²) < 4.78 is 10.8. The number of benzene rings is 1. The van der Waals surface area contributed by atoms with Gasteiger partial charge in [0.1, 0.15) is 5.75 Å². The molecule has 0 atom stereocenters. The van der Waals surface area contributed by atoms with Crippen molar-refractivity contribution in [2.24, 2.45) is 5.41 Å². The predicted octanol–water partition coefficient (Wildman–Crippen LogP) is 2.53. The first-order chi connectivity index (χ1) is 10.5. The number of ether oxygens (including phenoxy) is 2. The molecule has 22 heavy (non-hydrogen) atoms. The van der Waals surface area contributed by atoms with Crippen LogP contribution in [-0.4, -0.2) is 50.5 Å². The Bertz CT molecular complexity index is 495. The molecule has 0 bridgehead atoms. The van der Waals surface area contributed by atoms with E-state index in [9.17, 15) is 5.11 Å². The van der Waals surface area contributed by atoms with Crippen LogP contribution < -0.4 is 4.74 Å². The van der Waals surface area contributed by atoms with Gasteiger partial charge in [0.25, 0.3) is 0 Å². The first-order valence-corrected chi connectivity index (χ1v) is 8.01. The van der Waals surface area contributed by atoms with E-state index in [4.69, 9.17) is 9.47 Å². The lowest BCUT2D eigenvalue weighted by Crippen LogP contribution is -2.42. The summed E-state index contributed by atoms with van der Waals surface area (Å²) in [5, 5.41) is 9.82. The molecule has 4 heteroatoms. The van der Waals surface area contributed by atoms with E-state index >= 15 is 0 Å². The number of nitrogens with zero attached hydrogens (tertiary/aromatic N) is 1. The van der Waals surface area contributed by atoms with E-state index in [0.717, 1.165) is 44.9 Å². The predicted molar refractivity (Wildman–Crippen MR) is 88.4 cm³/mol. The van der Waals surface area contributed by atoms with Crippen molar-refractivity contribution in [2.75, 3.05) is 40.5 Å². The minimum atomic E-state index is -0.0115. The van der Waals surface area contributed by atoms with E-state index in [1.165, 1.54) is 16.7 Å². The second-order valence-electron chi connectivity index (χ2n) is 6.62. The molecule has 0 spiro atoms. The van der Waals surface area contributed by atoms with Gasteiger partial charge in [-0.3, -0.25) is 0 Å². The van der Waals surface area contributed by atoms with Crippen molar-refractivity contribution in [1.29, 1.82) is 0 Å². The van der Waals surface area contributed by atoms with Gasteiger partial charge in [-0.2, -0.15) is 0 Å². The highest BCUT2D eigenvalue weighted by atomic mass is 16.5. The van der Waals surface area contributed by atoms with E-state index < -0.39 is 0 Å². The third-order valence-electron chi connectivity index (χ3n) is 5.00. The molecule has 1 aromatic carbocycles. The standard InChI is InChI=1S/C18H29NO3/c1-14-15(2)17(21-4)6-5-16(14)11-19(3)12-18(13-20)7-9-22-10-8-18/h5-6,20H,7-13H2,1-4H3. The lowest BCUT2D eigenvalue weighted by molar-refractivity contribution is -0.0318. The summed E-state index contributed by atoms with van der Waals surface area (Å²) in [5.41, 5.74) is 3.80. The Morgan fingerprint density at radius 3 is 2.50 bits per heavy atom. The summed E-state index contributed by atoms with van der Waals surface area (Å²) in [7, 11) is 3.84. The second kappa shape index (κ2) is 7.44. The van der Waals surface area contributed by atoms with Crippen LogP contribution in [0, 0.1) is 19.3 Å². The molecule has 1 aliphatic rings. The van der Waals surface area contributed by atoms with Gasteiger partial charge >= 0.3 is 0 Å². The van der Waals surface area contributed by atoms with Crippen LogP contribution in [0.5, 0.6) is 5.75 Å². The van der Waals surface area contributed by atoms with Gasteiger partial charge in [0, 0.05) is 31.7 Å². The number of aliphatic hydroxyl groups is 1. The molecule has 124 valence electrons. The van der Waals surface area contributed by atoms with E-state index in [0.29, 0.717) is 0 Å². The number of hydrogen-bond acceptors (Lipinski definition) is 4. The van der Waals surface area contributed by atoms with Crippen LogP contribution in [-0.2, 0) is 11.3 Å². The molecule has 1 N–H and O–H groups in total. The molecule has 1 aliphatic heterocycles. The highest BCUT2D eigenvalue weighted by molar-refractivity contribution is 5.43. The van der Waals surface area contributed by atoms with Gasteiger partial charge in [-0.15, -0.1) is 0 Å². The second-order valence-corrected chi connectivity index (χ2v) is 6.62. The van der Waals surface area contributed by atoms with Crippen molar-refractivity contribution < 1.29 is 14.6 Å². The third kappa shape index (κ3) is 3.80. The molecular formula is C18H29NO3. The Kier molecular flexibility index (Phi) is 5.84. The van der Waals surface area contributed by atoms with Crippen molar-refractivity contribution in [1.82, 2.24) is 4.90 Å². The SMILES string of the molecule is COc1ccc(CN(C)CC2(CO)CCOCC2)c(C)c1C. The highest BCUT2D eigenvalue weighted by Crippen LogP contribution is 2.31. The zero-order chi connectivity index (χ0) is 16.2.